The van der Waals surface area contributed by atoms with E-state index in [2.05, 4.69) is 15.6 Å². The Balaban J connectivity index is 0.952. The van der Waals surface area contributed by atoms with Gasteiger partial charge in [-0.3, -0.25) is 9.59 Å². The smallest absolute Gasteiger partial charge is 0.251 e. The van der Waals surface area contributed by atoms with E-state index in [-0.39, 0.29) is 11.8 Å². The van der Waals surface area contributed by atoms with Gasteiger partial charge < -0.3 is 15.6 Å². The lowest BCUT2D eigenvalue weighted by atomic mass is 9.54. The Kier molecular flexibility index (Phi) is 5.60. The Morgan fingerprint density at radius 2 is 1.36 bits per heavy atom. The molecule has 0 spiro atoms. The zero-order chi connectivity index (χ0) is 26.1. The van der Waals surface area contributed by atoms with E-state index in [9.17, 15) is 9.59 Å². The van der Waals surface area contributed by atoms with Gasteiger partial charge in [0.1, 0.15) is 5.82 Å². The molecule has 6 nitrogen and oxygen atoms in total. The van der Waals surface area contributed by atoms with Gasteiger partial charge in [-0.1, -0.05) is 25.0 Å². The average molecular weight is 523 g/mol. The number of nitrogens with zero attached hydrogens (tertiary/aromatic N) is 1. The Morgan fingerprint density at radius 1 is 0.692 bits per heavy atom. The predicted octanol–water partition coefficient (Wildman–Crippen LogP) is 6.09. The fourth-order valence-electron chi connectivity index (χ4n) is 9.27. The summed E-state index contributed by atoms with van der Waals surface area (Å²) < 4.78 is 0. The molecule has 0 saturated heterocycles. The molecule has 1 aromatic heterocycles. The lowest BCUT2D eigenvalue weighted by molar-refractivity contribution is -0.0119. The lowest BCUT2D eigenvalue weighted by Crippen LogP contribution is -2.55. The highest BCUT2D eigenvalue weighted by atomic mass is 16.2. The maximum Gasteiger partial charge on any atom is 0.251 e. The molecule has 7 fully saturated rings. The molecule has 1 atom stereocenters. The number of benzene rings is 2. The fraction of sp³-hybridized carbons (Fsp3) is 0.545. The number of aromatic amines is 1. The molecular weight excluding hydrogens is 484 g/mol. The second-order valence-corrected chi connectivity index (χ2v) is 13.4. The molecule has 3 aromatic rings. The van der Waals surface area contributed by atoms with Gasteiger partial charge in [0.2, 0.25) is 0 Å². The Labute approximate surface area is 229 Å². The summed E-state index contributed by atoms with van der Waals surface area (Å²) >= 11 is 0. The molecule has 2 amide bonds. The van der Waals surface area contributed by atoms with Crippen LogP contribution >= 0.6 is 0 Å². The second-order valence-electron chi connectivity index (χ2n) is 13.4. The molecule has 1 heterocycles. The number of H-pyrrole nitrogens is 1. The number of rotatable bonds is 5. The minimum absolute atomic E-state index is 0.0264. The van der Waals surface area contributed by atoms with Crippen LogP contribution in [0.2, 0.25) is 0 Å². The second kappa shape index (κ2) is 9.21. The summed E-state index contributed by atoms with van der Waals surface area (Å²) in [5.41, 5.74) is 4.00. The molecule has 39 heavy (non-hydrogen) atoms. The monoisotopic (exact) mass is 522 g/mol. The van der Waals surface area contributed by atoms with Crippen LogP contribution in [0.5, 0.6) is 0 Å². The number of nitrogens with one attached hydrogen (secondary N) is 3. The Hall–Kier alpha value is -3.15. The highest BCUT2D eigenvalue weighted by molar-refractivity contribution is 5.98. The number of aromatic nitrogens is 2. The number of carbonyl (C=O) groups excluding carboxylic acids is 2. The van der Waals surface area contributed by atoms with Crippen molar-refractivity contribution >= 4 is 22.8 Å². The van der Waals surface area contributed by atoms with Crippen molar-refractivity contribution in [2.24, 2.45) is 35.5 Å². The highest BCUT2D eigenvalue weighted by Gasteiger charge is 2.48. The maximum absolute atomic E-state index is 13.3. The zero-order valence-electron chi connectivity index (χ0n) is 22.5. The molecule has 7 saturated carbocycles. The molecule has 3 N–H and O–H groups in total. The predicted molar refractivity (Wildman–Crippen MR) is 151 cm³/mol. The molecule has 7 aliphatic carbocycles. The molecular formula is C33H38N4O2. The van der Waals surface area contributed by atoms with Gasteiger partial charge in [-0.2, -0.15) is 0 Å². The van der Waals surface area contributed by atoms with Gasteiger partial charge >= 0.3 is 0 Å². The van der Waals surface area contributed by atoms with E-state index in [1.165, 1.54) is 57.8 Å². The summed E-state index contributed by atoms with van der Waals surface area (Å²) in [5.74, 6) is 5.36. The van der Waals surface area contributed by atoms with Gasteiger partial charge in [-0.25, -0.2) is 4.98 Å². The summed E-state index contributed by atoms with van der Waals surface area (Å²) in [7, 11) is 0. The number of carbonyl (C=O) groups is 2. The first-order valence-electron chi connectivity index (χ1n) is 15.3. The normalized spacial score (nSPS) is 34.4. The summed E-state index contributed by atoms with van der Waals surface area (Å²) in [5, 5.41) is 6.73. The highest BCUT2D eigenvalue weighted by Crippen LogP contribution is 2.53. The van der Waals surface area contributed by atoms with Crippen LogP contribution in [0.4, 0.5) is 0 Å². The lowest BCUT2D eigenvalue weighted by Gasteiger charge is -2.54. The van der Waals surface area contributed by atoms with Gasteiger partial charge in [0, 0.05) is 28.8 Å². The van der Waals surface area contributed by atoms with Gasteiger partial charge in [-0.15, -0.1) is 0 Å². The molecule has 6 heteroatoms. The fourth-order valence-corrected chi connectivity index (χ4v) is 9.27. The van der Waals surface area contributed by atoms with Crippen molar-refractivity contribution in [1.82, 2.24) is 20.6 Å². The molecule has 0 radical (unpaired) electrons. The molecule has 6 bridgehead atoms. The van der Waals surface area contributed by atoms with Crippen molar-refractivity contribution < 1.29 is 9.59 Å². The topological polar surface area (TPSA) is 86.9 Å². The number of amides is 2. The van der Waals surface area contributed by atoms with Gasteiger partial charge in [0.05, 0.1) is 11.0 Å². The third-order valence-electron chi connectivity index (χ3n) is 11.1. The van der Waals surface area contributed by atoms with Crippen molar-refractivity contribution in [3.8, 4) is 11.4 Å². The minimum Gasteiger partial charge on any atom is -0.349 e. The van der Waals surface area contributed by atoms with E-state index in [0.29, 0.717) is 41.0 Å². The largest absolute Gasteiger partial charge is 0.349 e. The van der Waals surface area contributed by atoms with Crippen LogP contribution in [0.15, 0.2) is 42.5 Å². The van der Waals surface area contributed by atoms with Crippen LogP contribution in [-0.2, 0) is 0 Å². The third kappa shape index (κ3) is 4.27. The molecule has 202 valence electrons. The van der Waals surface area contributed by atoms with Crippen LogP contribution in [0, 0.1) is 35.5 Å². The van der Waals surface area contributed by atoms with Crippen molar-refractivity contribution in [2.45, 2.75) is 76.3 Å². The number of imidazole rings is 1. The van der Waals surface area contributed by atoms with Crippen molar-refractivity contribution in [1.29, 1.82) is 0 Å². The SMILES string of the molecule is O=C(NC1CC2CCC1CC2)c1ccc(-c2nc3cc(C(=O)NC4[C@H]5C[C@@H]6C[C@@H](C[C@H]4C6)C5)ccc3[nH]2)cc1. The first-order chi connectivity index (χ1) is 19.1. The van der Waals surface area contributed by atoms with Crippen molar-refractivity contribution in [2.75, 3.05) is 0 Å². The van der Waals surface area contributed by atoms with E-state index in [4.69, 9.17) is 4.98 Å². The van der Waals surface area contributed by atoms with E-state index < -0.39 is 0 Å². The Bertz CT molecular complexity index is 1390. The summed E-state index contributed by atoms with van der Waals surface area (Å²) in [6.07, 6.45) is 12.9. The number of hydrogen-bond donors (Lipinski definition) is 3. The number of hydrogen-bond acceptors (Lipinski definition) is 3. The van der Waals surface area contributed by atoms with E-state index in [1.54, 1.807) is 0 Å². The van der Waals surface area contributed by atoms with E-state index in [1.807, 2.05) is 42.5 Å². The molecule has 2 aromatic carbocycles. The molecule has 1 unspecified atom stereocenters. The maximum atomic E-state index is 13.3. The van der Waals surface area contributed by atoms with Gasteiger partial charge in [-0.05, 0) is 117 Å². The van der Waals surface area contributed by atoms with Crippen LogP contribution in [0.3, 0.4) is 0 Å². The van der Waals surface area contributed by atoms with Crippen LogP contribution in [0.1, 0.15) is 84.9 Å². The summed E-state index contributed by atoms with van der Waals surface area (Å²) in [6.45, 7) is 0. The van der Waals surface area contributed by atoms with Gasteiger partial charge in [0.25, 0.3) is 11.8 Å². The van der Waals surface area contributed by atoms with Crippen LogP contribution < -0.4 is 10.6 Å². The minimum atomic E-state index is 0.0264. The average Bonchev–Trinajstić information content (AvgIpc) is 3.39. The molecule has 10 rings (SSSR count). The third-order valence-corrected chi connectivity index (χ3v) is 11.1. The van der Waals surface area contributed by atoms with Crippen LogP contribution in [0.25, 0.3) is 22.4 Å². The Morgan fingerprint density at radius 3 is 2.03 bits per heavy atom. The molecule has 7 aliphatic rings. The summed E-state index contributed by atoms with van der Waals surface area (Å²) in [4.78, 5) is 34.4. The molecule has 0 aliphatic heterocycles. The standard InChI is InChI=1S/C33H38N4O2/c38-32(36-28-16-18-1-3-21(28)4-2-18)23-7-5-22(6-8-23)31-34-27-10-9-24(17-29(27)35-31)33(39)37-30-25-12-19-11-20(14-25)15-26(30)13-19/h5-10,17-21,25-26,28,30H,1-4,11-16H2,(H,34,35)(H,36,38)(H,37,39)/t18?,19-,20+,21?,25-,26+,28?,30?. The van der Waals surface area contributed by atoms with E-state index in [0.717, 1.165) is 46.6 Å². The first kappa shape index (κ1) is 23.7. The summed E-state index contributed by atoms with van der Waals surface area (Å²) in [6, 6.07) is 14.1. The number of fused-ring (bicyclic) bond motifs is 4. The van der Waals surface area contributed by atoms with Crippen LogP contribution in [-0.4, -0.2) is 33.9 Å². The van der Waals surface area contributed by atoms with E-state index >= 15 is 0 Å². The zero-order valence-corrected chi connectivity index (χ0v) is 22.5. The quantitative estimate of drug-likeness (QED) is 0.379. The van der Waals surface area contributed by atoms with Gasteiger partial charge in [0.15, 0.2) is 0 Å². The van der Waals surface area contributed by atoms with Crippen molar-refractivity contribution in [3.05, 3.63) is 53.6 Å². The van der Waals surface area contributed by atoms with Crippen molar-refractivity contribution in [3.63, 3.8) is 0 Å². The first-order valence-corrected chi connectivity index (χ1v) is 15.3.